The molecule has 0 bridgehead atoms. The summed E-state index contributed by atoms with van der Waals surface area (Å²) in [4.78, 5) is 22.5. The number of benzene rings is 1. The van der Waals surface area contributed by atoms with E-state index in [2.05, 4.69) is 0 Å². The van der Waals surface area contributed by atoms with Crippen LogP contribution in [0.25, 0.3) is 0 Å². The predicted octanol–water partition coefficient (Wildman–Crippen LogP) is 1.82. The molecule has 1 aromatic carbocycles. The zero-order valence-electron chi connectivity index (χ0n) is 9.85. The second kappa shape index (κ2) is 6.00. The van der Waals surface area contributed by atoms with Crippen LogP contribution in [-0.2, 0) is 9.53 Å². The molecule has 5 nitrogen and oxygen atoms in total. The van der Waals surface area contributed by atoms with Crippen molar-refractivity contribution in [3.63, 3.8) is 0 Å². The first-order valence-electron chi connectivity index (χ1n) is 5.44. The number of rotatable bonds is 5. The predicted molar refractivity (Wildman–Crippen MR) is 62.6 cm³/mol. The first-order chi connectivity index (χ1) is 8.45. The molecule has 0 aliphatic heterocycles. The Morgan fingerprint density at radius 3 is 2.67 bits per heavy atom. The second-order valence-corrected chi connectivity index (χ2v) is 3.75. The van der Waals surface area contributed by atoms with E-state index < -0.39 is 23.9 Å². The van der Waals surface area contributed by atoms with Crippen molar-refractivity contribution in [3.05, 3.63) is 29.6 Å². The fraction of sp³-hybridized carbons (Fsp3) is 0.333. The van der Waals surface area contributed by atoms with Crippen LogP contribution >= 0.6 is 0 Å². The first-order valence-corrected chi connectivity index (χ1v) is 5.44. The smallest absolute Gasteiger partial charge is 0.345 e. The van der Waals surface area contributed by atoms with Gasteiger partial charge in [-0.15, -0.1) is 0 Å². The van der Waals surface area contributed by atoms with Crippen molar-refractivity contribution in [1.82, 2.24) is 0 Å². The molecule has 0 aliphatic carbocycles. The fourth-order valence-electron chi connectivity index (χ4n) is 1.41. The van der Waals surface area contributed by atoms with Crippen molar-refractivity contribution in [3.8, 4) is 0 Å². The molecule has 6 heteroatoms. The van der Waals surface area contributed by atoms with Gasteiger partial charge in [-0.1, -0.05) is 13.3 Å². The summed E-state index contributed by atoms with van der Waals surface area (Å²) in [5.41, 5.74) is 5.33. The van der Waals surface area contributed by atoms with E-state index in [9.17, 15) is 14.0 Å². The molecule has 0 aliphatic rings. The van der Waals surface area contributed by atoms with Crippen molar-refractivity contribution in [2.24, 2.45) is 0 Å². The summed E-state index contributed by atoms with van der Waals surface area (Å²) in [5.74, 6) is -2.66. The number of carbonyl (C=O) groups is 2. The zero-order chi connectivity index (χ0) is 13.7. The van der Waals surface area contributed by atoms with Gasteiger partial charge in [0.1, 0.15) is 5.82 Å². The summed E-state index contributed by atoms with van der Waals surface area (Å²) in [6, 6.07) is 3.20. The SMILES string of the molecule is CCCC(OC(=O)c1ccc(F)cc1N)C(=O)O. The normalized spacial score (nSPS) is 11.9. The molecule has 0 saturated carbocycles. The molecule has 0 fully saturated rings. The van der Waals surface area contributed by atoms with Crippen molar-refractivity contribution in [1.29, 1.82) is 0 Å². The van der Waals surface area contributed by atoms with Gasteiger partial charge < -0.3 is 15.6 Å². The molecule has 1 unspecified atom stereocenters. The minimum Gasteiger partial charge on any atom is -0.479 e. The van der Waals surface area contributed by atoms with Crippen LogP contribution in [0.2, 0.25) is 0 Å². The molecule has 3 N–H and O–H groups in total. The molecule has 1 atom stereocenters. The Morgan fingerprint density at radius 2 is 2.17 bits per heavy atom. The summed E-state index contributed by atoms with van der Waals surface area (Å²) < 4.78 is 17.6. The lowest BCUT2D eigenvalue weighted by Crippen LogP contribution is -2.27. The third-order valence-electron chi connectivity index (χ3n) is 2.31. The molecular formula is C12H14FNO4. The Bertz CT molecular complexity index is 461. The third kappa shape index (κ3) is 3.44. The fourth-order valence-corrected chi connectivity index (χ4v) is 1.41. The molecule has 0 amide bonds. The number of hydrogen-bond donors (Lipinski definition) is 2. The lowest BCUT2D eigenvalue weighted by Gasteiger charge is -2.13. The minimum atomic E-state index is -1.22. The third-order valence-corrected chi connectivity index (χ3v) is 2.31. The van der Waals surface area contributed by atoms with E-state index in [1.807, 2.05) is 0 Å². The minimum absolute atomic E-state index is 0.0428. The molecule has 1 aromatic rings. The zero-order valence-corrected chi connectivity index (χ0v) is 9.85. The average Bonchev–Trinajstić information content (AvgIpc) is 2.27. The van der Waals surface area contributed by atoms with Crippen LogP contribution in [0.3, 0.4) is 0 Å². The Morgan fingerprint density at radius 1 is 1.50 bits per heavy atom. The van der Waals surface area contributed by atoms with E-state index in [4.69, 9.17) is 15.6 Å². The number of carboxylic acids is 1. The molecule has 0 heterocycles. The number of anilines is 1. The quantitative estimate of drug-likeness (QED) is 0.618. The highest BCUT2D eigenvalue weighted by atomic mass is 19.1. The molecule has 0 radical (unpaired) electrons. The number of carbonyl (C=O) groups excluding carboxylic acids is 1. The maximum atomic E-state index is 12.8. The van der Waals surface area contributed by atoms with Crippen LogP contribution in [-0.4, -0.2) is 23.1 Å². The Labute approximate surface area is 103 Å². The molecule has 0 aromatic heterocycles. The average molecular weight is 255 g/mol. The van der Waals surface area contributed by atoms with Crippen molar-refractivity contribution in [2.75, 3.05) is 5.73 Å². The van der Waals surface area contributed by atoms with Crippen LogP contribution in [0, 0.1) is 5.82 Å². The van der Waals surface area contributed by atoms with Gasteiger partial charge in [-0.25, -0.2) is 14.0 Å². The number of hydrogen-bond acceptors (Lipinski definition) is 4. The molecule has 1 rings (SSSR count). The molecule has 0 spiro atoms. The van der Waals surface area contributed by atoms with Crippen LogP contribution < -0.4 is 5.73 Å². The van der Waals surface area contributed by atoms with Gasteiger partial charge in [0, 0.05) is 5.69 Å². The van der Waals surface area contributed by atoms with Crippen LogP contribution in [0.5, 0.6) is 0 Å². The largest absolute Gasteiger partial charge is 0.479 e. The summed E-state index contributed by atoms with van der Waals surface area (Å²) in [6.07, 6.45) is -0.447. The van der Waals surface area contributed by atoms with Crippen molar-refractivity contribution >= 4 is 17.6 Å². The highest BCUT2D eigenvalue weighted by Gasteiger charge is 2.23. The van der Waals surface area contributed by atoms with E-state index >= 15 is 0 Å². The van der Waals surface area contributed by atoms with Crippen molar-refractivity contribution in [2.45, 2.75) is 25.9 Å². The number of aliphatic carboxylic acids is 1. The number of carboxylic acid groups (broad SMARTS) is 1. The highest BCUT2D eigenvalue weighted by Crippen LogP contribution is 2.16. The van der Waals surface area contributed by atoms with Gasteiger partial charge in [-0.05, 0) is 24.6 Å². The number of esters is 1. The van der Waals surface area contributed by atoms with Crippen LogP contribution in [0.4, 0.5) is 10.1 Å². The second-order valence-electron chi connectivity index (χ2n) is 3.75. The van der Waals surface area contributed by atoms with Gasteiger partial charge in [-0.3, -0.25) is 0 Å². The summed E-state index contributed by atoms with van der Waals surface area (Å²) >= 11 is 0. The van der Waals surface area contributed by atoms with E-state index in [1.165, 1.54) is 0 Å². The Hall–Kier alpha value is -2.11. The van der Waals surface area contributed by atoms with Crippen LogP contribution in [0.15, 0.2) is 18.2 Å². The summed E-state index contributed by atoms with van der Waals surface area (Å²) in [7, 11) is 0. The van der Waals surface area contributed by atoms with Gasteiger partial charge >= 0.3 is 11.9 Å². The van der Waals surface area contributed by atoms with Gasteiger partial charge in [0.25, 0.3) is 0 Å². The molecular weight excluding hydrogens is 241 g/mol. The Balaban J connectivity index is 2.83. The van der Waals surface area contributed by atoms with Gasteiger partial charge in [0.15, 0.2) is 6.10 Å². The number of nitrogen functional groups attached to an aromatic ring is 1. The maximum Gasteiger partial charge on any atom is 0.345 e. The van der Waals surface area contributed by atoms with E-state index in [0.717, 1.165) is 18.2 Å². The number of nitrogens with two attached hydrogens (primary N) is 1. The maximum absolute atomic E-state index is 12.8. The molecule has 98 valence electrons. The molecule has 0 saturated heterocycles. The summed E-state index contributed by atoms with van der Waals surface area (Å²) in [6.45, 7) is 1.77. The Kier molecular flexibility index (Phi) is 4.65. The van der Waals surface area contributed by atoms with Gasteiger partial charge in [-0.2, -0.15) is 0 Å². The van der Waals surface area contributed by atoms with E-state index in [1.54, 1.807) is 6.92 Å². The monoisotopic (exact) mass is 255 g/mol. The molecule has 18 heavy (non-hydrogen) atoms. The van der Waals surface area contributed by atoms with Crippen LogP contribution in [0.1, 0.15) is 30.1 Å². The topological polar surface area (TPSA) is 89.6 Å². The number of ether oxygens (including phenoxy) is 1. The summed E-state index contributed by atoms with van der Waals surface area (Å²) in [5, 5.41) is 8.85. The van der Waals surface area contributed by atoms with Crippen molar-refractivity contribution < 1.29 is 23.8 Å². The van der Waals surface area contributed by atoms with Gasteiger partial charge in [0.05, 0.1) is 5.56 Å². The van der Waals surface area contributed by atoms with E-state index in [0.29, 0.717) is 6.42 Å². The van der Waals surface area contributed by atoms with Gasteiger partial charge in [0.2, 0.25) is 0 Å². The highest BCUT2D eigenvalue weighted by molar-refractivity contribution is 5.96. The first kappa shape index (κ1) is 14.0. The lowest BCUT2D eigenvalue weighted by molar-refractivity contribution is -0.147. The lowest BCUT2D eigenvalue weighted by atomic mass is 10.1. The number of halogens is 1. The standard InChI is InChI=1S/C12H14FNO4/c1-2-3-10(11(15)16)18-12(17)8-5-4-7(13)6-9(8)14/h4-6,10H,2-3,14H2,1H3,(H,15,16). The van der Waals surface area contributed by atoms with E-state index in [-0.39, 0.29) is 17.7 Å².